The normalized spacial score (nSPS) is 23.2. The van der Waals surface area contributed by atoms with Crippen molar-refractivity contribution in [3.8, 4) is 0 Å². The van der Waals surface area contributed by atoms with Gasteiger partial charge < -0.3 is 10.2 Å². The molecule has 0 saturated heterocycles. The molecule has 0 aromatic heterocycles. The van der Waals surface area contributed by atoms with E-state index in [1.54, 1.807) is 0 Å². The SMILES string of the molecule is CNCc1ccc(N(C)CC2CC2C)cc1. The number of nitrogens with zero attached hydrogens (tertiary/aromatic N) is 1. The van der Waals surface area contributed by atoms with Crippen molar-refractivity contribution in [1.82, 2.24) is 5.32 Å². The summed E-state index contributed by atoms with van der Waals surface area (Å²) in [6, 6.07) is 8.86. The van der Waals surface area contributed by atoms with Crippen LogP contribution >= 0.6 is 0 Å². The van der Waals surface area contributed by atoms with Crippen LogP contribution in [0, 0.1) is 11.8 Å². The Morgan fingerprint density at radius 3 is 2.44 bits per heavy atom. The molecule has 1 aromatic rings. The van der Waals surface area contributed by atoms with Gasteiger partial charge in [-0.25, -0.2) is 0 Å². The zero-order valence-corrected chi connectivity index (χ0v) is 10.5. The minimum absolute atomic E-state index is 0.919. The van der Waals surface area contributed by atoms with Crippen LogP contribution in [0.4, 0.5) is 5.69 Å². The Labute approximate surface area is 98.7 Å². The van der Waals surface area contributed by atoms with Crippen molar-refractivity contribution in [2.45, 2.75) is 19.9 Å². The van der Waals surface area contributed by atoms with Gasteiger partial charge in [0.25, 0.3) is 0 Å². The second-order valence-corrected chi connectivity index (χ2v) is 5.05. The van der Waals surface area contributed by atoms with Crippen LogP contribution in [0.2, 0.25) is 0 Å². The predicted molar refractivity (Wildman–Crippen MR) is 69.7 cm³/mol. The molecule has 88 valence electrons. The fourth-order valence-corrected chi connectivity index (χ4v) is 2.18. The van der Waals surface area contributed by atoms with E-state index in [0.29, 0.717) is 0 Å². The summed E-state index contributed by atoms with van der Waals surface area (Å²) in [6.07, 6.45) is 1.40. The molecule has 16 heavy (non-hydrogen) atoms. The van der Waals surface area contributed by atoms with E-state index in [1.165, 1.54) is 24.2 Å². The lowest BCUT2D eigenvalue weighted by Crippen LogP contribution is -2.20. The average Bonchev–Trinajstić information content (AvgIpc) is 2.95. The number of anilines is 1. The first-order valence-corrected chi connectivity index (χ1v) is 6.15. The highest BCUT2D eigenvalue weighted by atomic mass is 15.1. The van der Waals surface area contributed by atoms with E-state index in [0.717, 1.165) is 18.4 Å². The molecule has 0 heterocycles. The van der Waals surface area contributed by atoms with Gasteiger partial charge in [0.15, 0.2) is 0 Å². The van der Waals surface area contributed by atoms with Crippen LogP contribution in [-0.2, 0) is 6.54 Å². The Kier molecular flexibility index (Phi) is 3.49. The van der Waals surface area contributed by atoms with E-state index in [1.807, 2.05) is 7.05 Å². The summed E-state index contributed by atoms with van der Waals surface area (Å²) in [6.45, 7) is 4.49. The van der Waals surface area contributed by atoms with Crippen LogP contribution in [0.3, 0.4) is 0 Å². The van der Waals surface area contributed by atoms with E-state index < -0.39 is 0 Å². The molecule has 2 nitrogen and oxygen atoms in total. The first kappa shape index (κ1) is 11.5. The summed E-state index contributed by atoms with van der Waals surface area (Å²) in [5.41, 5.74) is 2.68. The summed E-state index contributed by atoms with van der Waals surface area (Å²) in [5, 5.41) is 3.17. The van der Waals surface area contributed by atoms with Gasteiger partial charge in [0.1, 0.15) is 0 Å². The molecule has 1 saturated carbocycles. The maximum Gasteiger partial charge on any atom is 0.0363 e. The van der Waals surface area contributed by atoms with Gasteiger partial charge in [0, 0.05) is 25.8 Å². The van der Waals surface area contributed by atoms with Gasteiger partial charge in [-0.05, 0) is 43.0 Å². The average molecular weight is 218 g/mol. The minimum Gasteiger partial charge on any atom is -0.374 e. The van der Waals surface area contributed by atoms with Crippen LogP contribution < -0.4 is 10.2 Å². The van der Waals surface area contributed by atoms with Crippen LogP contribution in [0.5, 0.6) is 0 Å². The van der Waals surface area contributed by atoms with Crippen LogP contribution in [-0.4, -0.2) is 20.6 Å². The minimum atomic E-state index is 0.919. The van der Waals surface area contributed by atoms with E-state index in [-0.39, 0.29) is 0 Å². The van der Waals surface area contributed by atoms with Gasteiger partial charge in [-0.2, -0.15) is 0 Å². The van der Waals surface area contributed by atoms with Crippen molar-refractivity contribution in [1.29, 1.82) is 0 Å². The standard InChI is InChI=1S/C14H22N2/c1-11-8-13(11)10-16(3)14-6-4-12(5-7-14)9-15-2/h4-7,11,13,15H,8-10H2,1-3H3. The van der Waals surface area contributed by atoms with Gasteiger partial charge in [0.2, 0.25) is 0 Å². The van der Waals surface area contributed by atoms with Crippen molar-refractivity contribution < 1.29 is 0 Å². The van der Waals surface area contributed by atoms with Gasteiger partial charge in [0.05, 0.1) is 0 Å². The first-order chi connectivity index (χ1) is 7.70. The molecular formula is C14H22N2. The molecule has 0 bridgehead atoms. The summed E-state index contributed by atoms with van der Waals surface area (Å²) >= 11 is 0. The Morgan fingerprint density at radius 1 is 1.31 bits per heavy atom. The van der Waals surface area contributed by atoms with Gasteiger partial charge in [-0.3, -0.25) is 0 Å². The van der Waals surface area contributed by atoms with Crippen LogP contribution in [0.25, 0.3) is 0 Å². The zero-order valence-electron chi connectivity index (χ0n) is 10.5. The lowest BCUT2D eigenvalue weighted by Gasteiger charge is -2.19. The Hall–Kier alpha value is -1.02. The maximum atomic E-state index is 3.17. The highest BCUT2D eigenvalue weighted by molar-refractivity contribution is 5.47. The maximum absolute atomic E-state index is 3.17. The number of hydrogen-bond donors (Lipinski definition) is 1. The molecule has 2 heteroatoms. The molecule has 2 atom stereocenters. The van der Waals surface area contributed by atoms with Gasteiger partial charge in [-0.1, -0.05) is 19.1 Å². The van der Waals surface area contributed by atoms with Crippen LogP contribution in [0.1, 0.15) is 18.9 Å². The van der Waals surface area contributed by atoms with E-state index in [4.69, 9.17) is 0 Å². The Morgan fingerprint density at radius 2 is 1.94 bits per heavy atom. The van der Waals surface area contributed by atoms with Crippen molar-refractivity contribution in [3.63, 3.8) is 0 Å². The monoisotopic (exact) mass is 218 g/mol. The molecule has 0 radical (unpaired) electrons. The molecule has 1 aromatic carbocycles. The van der Waals surface area contributed by atoms with E-state index in [9.17, 15) is 0 Å². The Balaban J connectivity index is 1.92. The van der Waals surface area contributed by atoms with Crippen molar-refractivity contribution in [2.75, 3.05) is 25.5 Å². The lowest BCUT2D eigenvalue weighted by molar-refractivity contribution is 0.725. The molecule has 1 N–H and O–H groups in total. The third-order valence-electron chi connectivity index (χ3n) is 3.54. The second-order valence-electron chi connectivity index (χ2n) is 5.05. The van der Waals surface area contributed by atoms with Gasteiger partial charge >= 0.3 is 0 Å². The topological polar surface area (TPSA) is 15.3 Å². The van der Waals surface area contributed by atoms with Crippen molar-refractivity contribution in [2.24, 2.45) is 11.8 Å². The molecule has 1 fully saturated rings. The molecular weight excluding hydrogens is 196 g/mol. The van der Waals surface area contributed by atoms with Gasteiger partial charge in [-0.15, -0.1) is 0 Å². The molecule has 2 unspecified atom stereocenters. The van der Waals surface area contributed by atoms with Crippen molar-refractivity contribution in [3.05, 3.63) is 29.8 Å². The molecule has 1 aliphatic carbocycles. The highest BCUT2D eigenvalue weighted by Crippen LogP contribution is 2.38. The van der Waals surface area contributed by atoms with Crippen LogP contribution in [0.15, 0.2) is 24.3 Å². The second kappa shape index (κ2) is 4.88. The van der Waals surface area contributed by atoms with Crippen molar-refractivity contribution >= 4 is 5.69 Å². The quantitative estimate of drug-likeness (QED) is 0.817. The Bertz CT molecular complexity index is 331. The molecule has 1 aliphatic rings. The summed E-state index contributed by atoms with van der Waals surface area (Å²) < 4.78 is 0. The third kappa shape index (κ3) is 2.76. The molecule has 2 rings (SSSR count). The lowest BCUT2D eigenvalue weighted by atomic mass is 10.2. The fraction of sp³-hybridized carbons (Fsp3) is 0.571. The largest absolute Gasteiger partial charge is 0.374 e. The third-order valence-corrected chi connectivity index (χ3v) is 3.54. The van der Waals surface area contributed by atoms with E-state index >= 15 is 0 Å². The predicted octanol–water partition coefficient (Wildman–Crippen LogP) is 2.50. The summed E-state index contributed by atoms with van der Waals surface area (Å²) in [4.78, 5) is 2.37. The first-order valence-electron chi connectivity index (χ1n) is 6.15. The summed E-state index contributed by atoms with van der Waals surface area (Å²) in [5.74, 6) is 1.85. The van der Waals surface area contributed by atoms with E-state index in [2.05, 4.69) is 48.5 Å². The number of nitrogens with one attached hydrogen (secondary N) is 1. The fourth-order valence-electron chi connectivity index (χ4n) is 2.18. The highest BCUT2D eigenvalue weighted by Gasteiger charge is 2.33. The molecule has 0 aliphatic heterocycles. The zero-order chi connectivity index (χ0) is 11.5. The number of benzene rings is 1. The smallest absolute Gasteiger partial charge is 0.0363 e. The molecule has 0 amide bonds. The number of rotatable bonds is 5. The number of hydrogen-bond acceptors (Lipinski definition) is 2. The summed E-state index contributed by atoms with van der Waals surface area (Å²) in [7, 11) is 4.17. The molecule has 0 spiro atoms.